The summed E-state index contributed by atoms with van der Waals surface area (Å²) in [4.78, 5) is 20.8. The van der Waals surface area contributed by atoms with Gasteiger partial charge in [0.2, 0.25) is 0 Å². The summed E-state index contributed by atoms with van der Waals surface area (Å²) >= 11 is 0. The SMILES string of the molecule is CCC(N)=NC(C(C)NC)C1(C)C(O)C(NC(=O)c2cccc3c2OCCC3(C)C)CN1C1C=CC1. The molecule has 1 saturated heterocycles. The average Bonchev–Trinajstić information content (AvgIpc) is 3.05. The van der Waals surface area contributed by atoms with Gasteiger partial charge in [-0.1, -0.05) is 45.1 Å². The molecule has 1 amide bonds. The summed E-state index contributed by atoms with van der Waals surface area (Å²) in [7, 11) is 1.90. The molecule has 1 aromatic carbocycles. The zero-order valence-corrected chi connectivity index (χ0v) is 22.5. The van der Waals surface area contributed by atoms with Crippen LogP contribution in [-0.2, 0) is 5.41 Å². The van der Waals surface area contributed by atoms with Crippen LogP contribution in [0.1, 0.15) is 69.8 Å². The Kier molecular flexibility index (Phi) is 7.51. The molecule has 198 valence electrons. The molecule has 36 heavy (non-hydrogen) atoms. The average molecular weight is 498 g/mol. The monoisotopic (exact) mass is 497 g/mol. The van der Waals surface area contributed by atoms with E-state index >= 15 is 0 Å². The van der Waals surface area contributed by atoms with Crippen molar-refractivity contribution in [2.75, 3.05) is 20.2 Å². The molecule has 1 aromatic rings. The molecule has 0 aromatic heterocycles. The number of aliphatic hydroxyl groups excluding tert-OH is 1. The molecule has 6 atom stereocenters. The van der Waals surface area contributed by atoms with Gasteiger partial charge in [-0.25, -0.2) is 0 Å². The lowest BCUT2D eigenvalue weighted by Gasteiger charge is -2.48. The highest BCUT2D eigenvalue weighted by Crippen LogP contribution is 2.42. The number of aliphatic hydroxyl groups is 1. The molecule has 5 N–H and O–H groups in total. The van der Waals surface area contributed by atoms with Gasteiger partial charge in [0.05, 0.1) is 41.7 Å². The third kappa shape index (κ3) is 4.55. The molecule has 0 saturated carbocycles. The number of hydrogen-bond acceptors (Lipinski definition) is 6. The number of fused-ring (bicyclic) bond motifs is 1. The standard InChI is InChI=1S/C28H43N5O3/c1-7-22(29)32-24(17(2)30-6)28(5)25(34)21(16-33(28)18-10-8-11-18)31-26(35)19-12-9-13-20-23(19)36-15-14-27(20,3)4/h8-10,12-13,17-18,21,24-25,30,34H,7,11,14-16H2,1-6H3,(H2,29,32)(H,31,35). The molecule has 0 radical (unpaired) electrons. The number of hydrogen-bond donors (Lipinski definition) is 4. The molecule has 1 fully saturated rings. The maximum Gasteiger partial charge on any atom is 0.255 e. The van der Waals surface area contributed by atoms with Gasteiger partial charge in [0.1, 0.15) is 5.75 Å². The Hall–Kier alpha value is -2.42. The highest BCUT2D eigenvalue weighted by atomic mass is 16.5. The highest BCUT2D eigenvalue weighted by molar-refractivity contribution is 5.98. The number of nitrogens with zero attached hydrogens (tertiary/aromatic N) is 2. The van der Waals surface area contributed by atoms with E-state index in [0.29, 0.717) is 36.7 Å². The Morgan fingerprint density at radius 3 is 2.69 bits per heavy atom. The van der Waals surface area contributed by atoms with Gasteiger partial charge in [0, 0.05) is 30.6 Å². The fourth-order valence-electron chi connectivity index (χ4n) is 5.91. The van der Waals surface area contributed by atoms with Gasteiger partial charge in [-0.3, -0.25) is 14.7 Å². The third-order valence-electron chi connectivity index (χ3n) is 8.60. The molecular weight excluding hydrogens is 454 g/mol. The van der Waals surface area contributed by atoms with Crippen molar-refractivity contribution in [3.63, 3.8) is 0 Å². The zero-order valence-electron chi connectivity index (χ0n) is 22.5. The van der Waals surface area contributed by atoms with E-state index in [2.05, 4.69) is 55.4 Å². The van der Waals surface area contributed by atoms with Gasteiger partial charge in [0.25, 0.3) is 5.91 Å². The number of likely N-dealkylation sites (N-methyl/N-ethyl adjacent to an activating group) is 1. The van der Waals surface area contributed by atoms with Crippen LogP contribution in [0.15, 0.2) is 35.3 Å². The van der Waals surface area contributed by atoms with Gasteiger partial charge in [-0.2, -0.15) is 0 Å². The number of carbonyl (C=O) groups excluding carboxylic acids is 1. The van der Waals surface area contributed by atoms with Crippen molar-refractivity contribution < 1.29 is 14.6 Å². The topological polar surface area (TPSA) is 112 Å². The van der Waals surface area contributed by atoms with E-state index < -0.39 is 17.7 Å². The minimum atomic E-state index is -0.846. The normalized spacial score (nSPS) is 31.2. The Balaban J connectivity index is 1.66. The number of amides is 1. The number of nitrogens with two attached hydrogens (primary N) is 1. The Labute approximate surface area is 215 Å². The number of ether oxygens (including phenoxy) is 1. The van der Waals surface area contributed by atoms with Crippen molar-refractivity contribution in [1.29, 1.82) is 0 Å². The van der Waals surface area contributed by atoms with Crippen molar-refractivity contribution in [3.8, 4) is 5.75 Å². The summed E-state index contributed by atoms with van der Waals surface area (Å²) in [6.07, 6.45) is 5.90. The molecule has 6 unspecified atom stereocenters. The minimum Gasteiger partial charge on any atom is -0.492 e. The van der Waals surface area contributed by atoms with Crippen molar-refractivity contribution in [2.45, 2.75) is 95.1 Å². The van der Waals surface area contributed by atoms with Crippen molar-refractivity contribution >= 4 is 11.7 Å². The predicted molar refractivity (Wildman–Crippen MR) is 144 cm³/mol. The largest absolute Gasteiger partial charge is 0.492 e. The lowest BCUT2D eigenvalue weighted by atomic mass is 9.79. The highest BCUT2D eigenvalue weighted by Gasteiger charge is 2.58. The number of aliphatic imine (C=N–C) groups is 1. The number of rotatable bonds is 8. The summed E-state index contributed by atoms with van der Waals surface area (Å²) in [6, 6.07) is 5.14. The van der Waals surface area contributed by atoms with E-state index in [-0.39, 0.29) is 29.4 Å². The summed E-state index contributed by atoms with van der Waals surface area (Å²) in [6.45, 7) is 11.6. The number of amidine groups is 1. The van der Waals surface area contributed by atoms with Crippen LogP contribution in [-0.4, -0.2) is 77.8 Å². The van der Waals surface area contributed by atoms with E-state index in [9.17, 15) is 9.90 Å². The first-order chi connectivity index (χ1) is 17.0. The molecular formula is C28H43N5O3. The van der Waals surface area contributed by atoms with Crippen LogP contribution < -0.4 is 21.1 Å². The van der Waals surface area contributed by atoms with Gasteiger partial charge in [-0.05, 0) is 45.2 Å². The minimum absolute atomic E-state index is 0.0347. The van der Waals surface area contributed by atoms with Gasteiger partial charge in [0.15, 0.2) is 0 Å². The maximum absolute atomic E-state index is 13.6. The quantitative estimate of drug-likeness (QED) is 0.249. The molecule has 2 aliphatic heterocycles. The van der Waals surface area contributed by atoms with E-state index in [4.69, 9.17) is 15.5 Å². The zero-order chi connectivity index (χ0) is 26.3. The lowest BCUT2D eigenvalue weighted by Crippen LogP contribution is -2.64. The second-order valence-electron chi connectivity index (χ2n) is 11.3. The number of benzene rings is 1. The van der Waals surface area contributed by atoms with Crippen molar-refractivity contribution in [2.24, 2.45) is 10.7 Å². The summed E-state index contributed by atoms with van der Waals surface area (Å²) in [5, 5.41) is 18.3. The number of likely N-dealkylation sites (tertiary alicyclic amines) is 1. The fourth-order valence-corrected chi connectivity index (χ4v) is 5.91. The fraction of sp³-hybridized carbons (Fsp3) is 0.643. The summed E-state index contributed by atoms with van der Waals surface area (Å²) < 4.78 is 5.99. The van der Waals surface area contributed by atoms with Crippen molar-refractivity contribution in [1.82, 2.24) is 15.5 Å². The second kappa shape index (κ2) is 10.1. The first-order valence-electron chi connectivity index (χ1n) is 13.2. The number of para-hydroxylation sites is 1. The van der Waals surface area contributed by atoms with Crippen LogP contribution in [0.3, 0.4) is 0 Å². The lowest BCUT2D eigenvalue weighted by molar-refractivity contribution is -0.00453. The summed E-state index contributed by atoms with van der Waals surface area (Å²) in [5.41, 5.74) is 6.98. The first kappa shape index (κ1) is 26.6. The number of carbonyl (C=O) groups is 1. The van der Waals surface area contributed by atoms with E-state index in [1.165, 1.54) is 0 Å². The molecule has 0 bridgehead atoms. The van der Waals surface area contributed by atoms with E-state index in [1.807, 2.05) is 26.1 Å². The molecule has 8 nitrogen and oxygen atoms in total. The smallest absolute Gasteiger partial charge is 0.255 e. The molecule has 3 aliphatic rings. The van der Waals surface area contributed by atoms with E-state index in [1.54, 1.807) is 6.07 Å². The predicted octanol–water partition coefficient (Wildman–Crippen LogP) is 2.35. The van der Waals surface area contributed by atoms with Crippen LogP contribution >= 0.6 is 0 Å². The van der Waals surface area contributed by atoms with Crippen LogP contribution in [0, 0.1) is 0 Å². The second-order valence-corrected chi connectivity index (χ2v) is 11.3. The Morgan fingerprint density at radius 1 is 1.36 bits per heavy atom. The Bertz CT molecular complexity index is 1040. The van der Waals surface area contributed by atoms with E-state index in [0.717, 1.165) is 18.4 Å². The molecule has 2 heterocycles. The third-order valence-corrected chi connectivity index (χ3v) is 8.60. The number of nitrogens with one attached hydrogen (secondary N) is 2. The molecule has 0 spiro atoms. The van der Waals surface area contributed by atoms with Crippen LogP contribution in [0.2, 0.25) is 0 Å². The van der Waals surface area contributed by atoms with Gasteiger partial charge in [-0.15, -0.1) is 0 Å². The molecule has 8 heteroatoms. The summed E-state index contributed by atoms with van der Waals surface area (Å²) in [5.74, 6) is 0.988. The van der Waals surface area contributed by atoms with Crippen LogP contribution in [0.5, 0.6) is 5.75 Å². The van der Waals surface area contributed by atoms with Gasteiger partial charge >= 0.3 is 0 Å². The Morgan fingerprint density at radius 2 is 2.08 bits per heavy atom. The maximum atomic E-state index is 13.6. The van der Waals surface area contributed by atoms with Crippen molar-refractivity contribution in [3.05, 3.63) is 41.5 Å². The van der Waals surface area contributed by atoms with Crippen LogP contribution in [0.25, 0.3) is 0 Å². The van der Waals surface area contributed by atoms with Gasteiger partial charge < -0.3 is 26.2 Å². The molecule has 1 aliphatic carbocycles. The molecule has 4 rings (SSSR count). The van der Waals surface area contributed by atoms with Crippen LogP contribution in [0.4, 0.5) is 0 Å². The first-order valence-corrected chi connectivity index (χ1v) is 13.2.